The van der Waals surface area contributed by atoms with Gasteiger partial charge in [-0.2, -0.15) is 0 Å². The van der Waals surface area contributed by atoms with Crippen molar-refractivity contribution in [3.63, 3.8) is 0 Å². The smallest absolute Gasteiger partial charge is 0.303 e. The van der Waals surface area contributed by atoms with Crippen LogP contribution >= 0.6 is 0 Å². The normalized spacial score (nSPS) is 31.6. The maximum Gasteiger partial charge on any atom is 0.303 e. The molecular formula is C28H33NO7. The Balaban J connectivity index is 1.40. The molecule has 1 saturated carbocycles. The van der Waals surface area contributed by atoms with Gasteiger partial charge in [0, 0.05) is 30.2 Å². The van der Waals surface area contributed by atoms with Crippen LogP contribution in [0.15, 0.2) is 36.4 Å². The minimum absolute atomic E-state index is 0.0745. The van der Waals surface area contributed by atoms with E-state index >= 15 is 0 Å². The number of hydrogen-bond acceptors (Lipinski definition) is 6. The molecule has 2 heterocycles. The van der Waals surface area contributed by atoms with Gasteiger partial charge in [-0.15, -0.1) is 0 Å². The number of phenols is 1. The molecule has 0 spiro atoms. The minimum Gasteiger partial charge on any atom is -0.507 e. The summed E-state index contributed by atoms with van der Waals surface area (Å²) in [5.74, 6) is -4.49. The number of imide groups is 1. The van der Waals surface area contributed by atoms with Crippen LogP contribution in [0.2, 0.25) is 0 Å². The third kappa shape index (κ3) is 3.96. The number of rotatable bonds is 8. The predicted molar refractivity (Wildman–Crippen MR) is 131 cm³/mol. The monoisotopic (exact) mass is 495 g/mol. The standard InChI is InChI=1S/C28H33NO7/c1-2-16-14-20-25(27(34)29(26(20)33)13-7-3-4-10-24(31)32)21-15-23(36-28(16,21)35)19-11-12-22(30)18-9-6-5-8-17(18)19/h5-6,8-9,11-12,16,20-21,23,25,30,35H,2-4,7,10,13-15H2,1H3,(H,31,32)/t16-,20-,21-,23-,25-,28+/m0/s1. The van der Waals surface area contributed by atoms with Gasteiger partial charge >= 0.3 is 5.97 Å². The molecule has 3 aliphatic rings. The Kier molecular flexibility index (Phi) is 6.51. The van der Waals surface area contributed by atoms with Crippen LogP contribution in [0.1, 0.15) is 63.5 Å². The van der Waals surface area contributed by atoms with Crippen LogP contribution in [0.4, 0.5) is 0 Å². The summed E-state index contributed by atoms with van der Waals surface area (Å²) in [5, 5.41) is 32.5. The lowest BCUT2D eigenvalue weighted by atomic mass is 9.64. The number of ether oxygens (including phenoxy) is 1. The maximum absolute atomic E-state index is 13.5. The molecule has 3 fully saturated rings. The number of fused-ring (bicyclic) bond motifs is 4. The van der Waals surface area contributed by atoms with Crippen LogP contribution in [0.25, 0.3) is 10.8 Å². The summed E-state index contributed by atoms with van der Waals surface area (Å²) in [6.45, 7) is 2.24. The number of nitrogens with zero attached hydrogens (tertiary/aromatic N) is 1. The molecule has 5 rings (SSSR count). The van der Waals surface area contributed by atoms with E-state index in [0.29, 0.717) is 43.9 Å². The van der Waals surface area contributed by atoms with E-state index in [-0.39, 0.29) is 36.4 Å². The molecule has 0 bridgehead atoms. The number of hydrogen-bond donors (Lipinski definition) is 3. The number of carboxylic acid groups (broad SMARTS) is 1. The van der Waals surface area contributed by atoms with Crippen molar-refractivity contribution in [1.82, 2.24) is 4.90 Å². The number of carbonyl (C=O) groups is 3. The largest absolute Gasteiger partial charge is 0.507 e. The number of carbonyl (C=O) groups excluding carboxylic acids is 2. The van der Waals surface area contributed by atoms with E-state index in [1.54, 1.807) is 6.07 Å². The lowest BCUT2D eigenvalue weighted by molar-refractivity contribution is -0.269. The van der Waals surface area contributed by atoms with Gasteiger partial charge in [0.2, 0.25) is 11.8 Å². The Morgan fingerprint density at radius 3 is 2.53 bits per heavy atom. The number of likely N-dealkylation sites (tertiary alicyclic amines) is 1. The van der Waals surface area contributed by atoms with E-state index < -0.39 is 35.6 Å². The first kappa shape index (κ1) is 24.7. The first-order valence-electron chi connectivity index (χ1n) is 12.9. The van der Waals surface area contributed by atoms with E-state index in [4.69, 9.17) is 9.84 Å². The lowest BCUT2D eigenvalue weighted by Crippen LogP contribution is -2.53. The Bertz CT molecular complexity index is 1200. The Labute approximate surface area is 209 Å². The van der Waals surface area contributed by atoms with Gasteiger partial charge < -0.3 is 20.1 Å². The number of aliphatic carboxylic acids is 1. The predicted octanol–water partition coefficient (Wildman–Crippen LogP) is 3.99. The molecule has 2 aromatic carbocycles. The fraction of sp³-hybridized carbons (Fsp3) is 0.536. The van der Waals surface area contributed by atoms with Crippen LogP contribution < -0.4 is 0 Å². The summed E-state index contributed by atoms with van der Waals surface area (Å²) in [6.07, 6.45) is 2.74. The summed E-state index contributed by atoms with van der Waals surface area (Å²) < 4.78 is 6.39. The van der Waals surface area contributed by atoms with Gasteiger partial charge in [-0.3, -0.25) is 19.3 Å². The summed E-state index contributed by atoms with van der Waals surface area (Å²) in [7, 11) is 0. The van der Waals surface area contributed by atoms with Crippen molar-refractivity contribution in [3.05, 3.63) is 42.0 Å². The molecule has 0 radical (unpaired) electrons. The highest BCUT2D eigenvalue weighted by Crippen LogP contribution is 2.59. The number of aromatic hydroxyl groups is 1. The zero-order chi connectivity index (χ0) is 25.6. The Morgan fingerprint density at radius 1 is 1.06 bits per heavy atom. The second-order valence-corrected chi connectivity index (χ2v) is 10.4. The summed E-state index contributed by atoms with van der Waals surface area (Å²) >= 11 is 0. The maximum atomic E-state index is 13.5. The molecule has 8 heteroatoms. The van der Waals surface area contributed by atoms with Gasteiger partial charge in [-0.1, -0.05) is 43.7 Å². The highest BCUT2D eigenvalue weighted by Gasteiger charge is 2.66. The number of benzene rings is 2. The Hall–Kier alpha value is -2.97. The van der Waals surface area contributed by atoms with Gasteiger partial charge in [0.25, 0.3) is 0 Å². The first-order chi connectivity index (χ1) is 17.3. The van der Waals surface area contributed by atoms with Crippen LogP contribution in [-0.4, -0.2) is 50.3 Å². The van der Waals surface area contributed by atoms with Gasteiger partial charge in [0.15, 0.2) is 5.79 Å². The summed E-state index contributed by atoms with van der Waals surface area (Å²) in [6, 6.07) is 10.9. The SMILES string of the molecule is CC[C@H]1C[C@@H]2C(=O)N(CCCCCC(=O)O)C(=O)[C@@H]2[C@@H]2C[C@@H](c3ccc(O)c4ccccc34)O[C@]12O. The number of phenolic OH excluding ortho intramolecular Hbond substituents is 1. The van der Waals surface area contributed by atoms with Crippen molar-refractivity contribution in [1.29, 1.82) is 0 Å². The molecular weight excluding hydrogens is 462 g/mol. The number of unbranched alkanes of at least 4 members (excludes halogenated alkanes) is 2. The van der Waals surface area contributed by atoms with Crippen LogP contribution in [0.3, 0.4) is 0 Å². The van der Waals surface area contributed by atoms with Crippen LogP contribution in [0, 0.1) is 23.7 Å². The molecule has 1 aliphatic carbocycles. The topological polar surface area (TPSA) is 124 Å². The molecule has 2 aromatic rings. The highest BCUT2D eigenvalue weighted by atomic mass is 16.6. The van der Waals surface area contributed by atoms with Gasteiger partial charge in [0.1, 0.15) is 5.75 Å². The van der Waals surface area contributed by atoms with E-state index in [1.165, 1.54) is 4.90 Å². The Morgan fingerprint density at radius 2 is 1.81 bits per heavy atom. The fourth-order valence-corrected chi connectivity index (χ4v) is 6.74. The molecule has 2 saturated heterocycles. The quantitative estimate of drug-likeness (QED) is 0.374. The number of carboxylic acids is 1. The minimum atomic E-state index is -1.51. The van der Waals surface area contributed by atoms with Crippen LogP contribution in [-0.2, 0) is 19.1 Å². The number of aliphatic hydroxyl groups is 1. The highest BCUT2D eigenvalue weighted by molar-refractivity contribution is 6.05. The van der Waals surface area contributed by atoms with Gasteiger partial charge in [-0.05, 0) is 49.1 Å². The molecule has 6 atom stereocenters. The average Bonchev–Trinajstić information content (AvgIpc) is 3.32. The van der Waals surface area contributed by atoms with Gasteiger partial charge in [-0.25, -0.2) is 0 Å². The van der Waals surface area contributed by atoms with Crippen LogP contribution in [0.5, 0.6) is 5.75 Å². The molecule has 0 unspecified atom stereocenters. The number of amides is 2. The fourth-order valence-electron chi connectivity index (χ4n) is 6.74. The van der Waals surface area contributed by atoms with Crippen molar-refractivity contribution >= 4 is 28.6 Å². The van der Waals surface area contributed by atoms with Crippen molar-refractivity contribution in [3.8, 4) is 5.75 Å². The third-order valence-electron chi connectivity index (χ3n) is 8.50. The molecule has 36 heavy (non-hydrogen) atoms. The van der Waals surface area contributed by atoms with E-state index in [0.717, 1.165) is 10.9 Å². The van der Waals surface area contributed by atoms with E-state index in [1.807, 2.05) is 37.3 Å². The van der Waals surface area contributed by atoms with Crippen molar-refractivity contribution in [2.24, 2.45) is 23.7 Å². The second-order valence-electron chi connectivity index (χ2n) is 10.4. The van der Waals surface area contributed by atoms with E-state index in [2.05, 4.69) is 0 Å². The van der Waals surface area contributed by atoms with Crippen molar-refractivity contribution in [2.75, 3.05) is 6.54 Å². The molecule has 2 amide bonds. The van der Waals surface area contributed by atoms with Crippen molar-refractivity contribution < 1.29 is 34.4 Å². The molecule has 192 valence electrons. The van der Waals surface area contributed by atoms with Gasteiger partial charge in [0.05, 0.1) is 17.9 Å². The van der Waals surface area contributed by atoms with E-state index in [9.17, 15) is 24.6 Å². The molecule has 0 aromatic heterocycles. The second kappa shape index (κ2) is 9.48. The molecule has 2 aliphatic heterocycles. The zero-order valence-corrected chi connectivity index (χ0v) is 20.4. The molecule has 3 N–H and O–H groups in total. The lowest BCUT2D eigenvalue weighted by Gasteiger charge is -2.44. The van der Waals surface area contributed by atoms with Crippen molar-refractivity contribution in [2.45, 2.75) is 63.8 Å². The third-order valence-corrected chi connectivity index (χ3v) is 8.50. The molecule has 8 nitrogen and oxygen atoms in total. The summed E-state index contributed by atoms with van der Waals surface area (Å²) in [4.78, 5) is 38.9. The summed E-state index contributed by atoms with van der Waals surface area (Å²) in [5.41, 5.74) is 0.852. The first-order valence-corrected chi connectivity index (χ1v) is 12.9. The average molecular weight is 496 g/mol. The zero-order valence-electron chi connectivity index (χ0n) is 20.4.